The molecule has 1 atom stereocenters. The summed E-state index contributed by atoms with van der Waals surface area (Å²) >= 11 is 6.33. The van der Waals surface area contributed by atoms with Gasteiger partial charge in [0.05, 0.1) is 51.6 Å². The highest BCUT2D eigenvalue weighted by Crippen LogP contribution is 2.34. The summed E-state index contributed by atoms with van der Waals surface area (Å²) in [6, 6.07) is 0.914. The average molecular weight is 962 g/mol. The summed E-state index contributed by atoms with van der Waals surface area (Å²) in [7, 11) is 1.64. The number of nitrogens with zero attached hydrogens (tertiary/aromatic N) is 4. The van der Waals surface area contributed by atoms with E-state index in [9.17, 15) is 44.1 Å². The maximum absolute atomic E-state index is 12.1. The molecule has 0 bridgehead atoms. The van der Waals surface area contributed by atoms with Gasteiger partial charge in [0.1, 0.15) is 0 Å². The number of aliphatic carboxylic acids is 5. The number of rotatable bonds is 21. The Labute approximate surface area is 293 Å². The van der Waals surface area contributed by atoms with Crippen LogP contribution in [0.25, 0.3) is 0 Å². The molecule has 19 heteroatoms. The van der Waals surface area contributed by atoms with Crippen LogP contribution in [0.3, 0.4) is 0 Å². The summed E-state index contributed by atoms with van der Waals surface area (Å²) in [5.41, 5.74) is 1.41. The predicted molar refractivity (Wildman–Crippen MR) is 180 cm³/mol. The van der Waals surface area contributed by atoms with Crippen molar-refractivity contribution < 1.29 is 59.0 Å². The molecule has 0 aliphatic carbocycles. The van der Waals surface area contributed by atoms with Gasteiger partial charge in [0.25, 0.3) is 0 Å². The Hall–Kier alpha value is -1.93. The Morgan fingerprint density at radius 2 is 1.20 bits per heavy atom. The first-order valence-electron chi connectivity index (χ1n) is 12.7. The van der Waals surface area contributed by atoms with E-state index in [-0.39, 0.29) is 38.8 Å². The van der Waals surface area contributed by atoms with E-state index in [1.165, 1.54) is 16.7 Å². The van der Waals surface area contributed by atoms with Crippen molar-refractivity contribution in [1.29, 1.82) is 0 Å². The second-order valence-corrected chi connectivity index (χ2v) is 13.0. The Balaban J connectivity index is 3.33. The number of carboxylic acid groups (broad SMARTS) is 5. The zero-order chi connectivity index (χ0) is 33.7. The summed E-state index contributed by atoms with van der Waals surface area (Å²) < 4.78 is 8.37. The van der Waals surface area contributed by atoms with Gasteiger partial charge in [-0.25, -0.2) is 0 Å². The first kappa shape index (κ1) is 40.1. The predicted octanol–water partition coefficient (Wildman–Crippen LogP) is 0.697. The van der Waals surface area contributed by atoms with Gasteiger partial charge in [0.2, 0.25) is 5.91 Å². The molecular weight excluding hydrogens is 929 g/mol. The fraction of sp³-hybridized carbons (Fsp3) is 0.520. The average Bonchev–Trinajstić information content (AvgIpc) is 2.85. The lowest BCUT2D eigenvalue weighted by molar-refractivity contribution is -0.145. The van der Waals surface area contributed by atoms with E-state index in [2.05, 4.69) is 67.8 Å². The van der Waals surface area contributed by atoms with Crippen LogP contribution in [0.15, 0.2) is 6.07 Å². The fourth-order valence-electron chi connectivity index (χ4n) is 4.05. The molecule has 0 heterocycles. The standard InChI is InChI=1S/C25H33I3N4O12/c1-14(33)29(2)25-18(27)5-17(26)16(24(25)28)13-44-12-15(32(10-22(40)41)11-23(42)43)6-30(7-19(34)35)3-4-31(8-20(36)37)9-21(38)39/h5,15H,3-4,6-13H2,1-2H3,(H,34,35)(H,36,37)(H,38,39)(H,40,41)(H,42,43). The van der Waals surface area contributed by atoms with Crippen LogP contribution >= 0.6 is 67.8 Å². The lowest BCUT2D eigenvalue weighted by Gasteiger charge is -2.34. The molecule has 246 valence electrons. The first-order valence-corrected chi connectivity index (χ1v) is 15.9. The van der Waals surface area contributed by atoms with Gasteiger partial charge in [-0.2, -0.15) is 0 Å². The van der Waals surface area contributed by atoms with E-state index in [0.717, 1.165) is 26.1 Å². The second-order valence-electron chi connectivity index (χ2n) is 9.55. The molecule has 0 aliphatic rings. The molecule has 0 aliphatic heterocycles. The van der Waals surface area contributed by atoms with E-state index in [1.807, 2.05) is 6.07 Å². The summed E-state index contributed by atoms with van der Waals surface area (Å²) in [6.45, 7) is -2.46. The summed E-state index contributed by atoms with van der Waals surface area (Å²) in [5.74, 6) is -6.66. The molecule has 1 aromatic carbocycles. The van der Waals surface area contributed by atoms with Crippen molar-refractivity contribution >= 4 is 109 Å². The van der Waals surface area contributed by atoms with Gasteiger partial charge in [0.15, 0.2) is 0 Å². The maximum atomic E-state index is 12.1. The molecule has 16 nitrogen and oxygen atoms in total. The normalized spacial score (nSPS) is 12.0. The SMILES string of the molecule is CC(=O)N(C)c1c(I)cc(I)c(COCC(CN(CCN(CC(=O)O)CC(=O)O)CC(=O)O)N(CC(=O)O)CC(=O)O)c1I. The molecule has 0 aromatic heterocycles. The van der Waals surface area contributed by atoms with Gasteiger partial charge in [0, 0.05) is 55.9 Å². The monoisotopic (exact) mass is 962 g/mol. The van der Waals surface area contributed by atoms with Crippen molar-refractivity contribution in [3.05, 3.63) is 22.3 Å². The minimum Gasteiger partial charge on any atom is -0.480 e. The third kappa shape index (κ3) is 14.4. The molecule has 0 saturated heterocycles. The van der Waals surface area contributed by atoms with Gasteiger partial charge in [-0.15, -0.1) is 0 Å². The third-order valence-electron chi connectivity index (χ3n) is 6.08. The minimum absolute atomic E-state index is 0.000621. The van der Waals surface area contributed by atoms with Crippen LogP contribution in [0.4, 0.5) is 5.69 Å². The fourth-order valence-corrected chi connectivity index (χ4v) is 8.46. The van der Waals surface area contributed by atoms with Crippen molar-refractivity contribution in [3.63, 3.8) is 0 Å². The highest BCUT2D eigenvalue weighted by atomic mass is 127. The van der Waals surface area contributed by atoms with Crippen LogP contribution in [0.1, 0.15) is 12.5 Å². The highest BCUT2D eigenvalue weighted by molar-refractivity contribution is 14.1. The summed E-state index contributed by atoms with van der Waals surface area (Å²) in [4.78, 5) is 74.3. The smallest absolute Gasteiger partial charge is 0.317 e. The van der Waals surface area contributed by atoms with E-state index >= 15 is 0 Å². The summed E-state index contributed by atoms with van der Waals surface area (Å²) in [6.07, 6.45) is 0. The Morgan fingerprint density at radius 3 is 1.66 bits per heavy atom. The van der Waals surface area contributed by atoms with Crippen molar-refractivity contribution in [3.8, 4) is 0 Å². The maximum Gasteiger partial charge on any atom is 0.317 e. The quantitative estimate of drug-likeness (QED) is 0.107. The zero-order valence-electron chi connectivity index (χ0n) is 23.7. The molecule has 1 amide bonds. The minimum atomic E-state index is -1.33. The van der Waals surface area contributed by atoms with Crippen LogP contribution < -0.4 is 4.90 Å². The number of halogens is 3. The van der Waals surface area contributed by atoms with Crippen molar-refractivity contribution in [1.82, 2.24) is 14.7 Å². The number of ether oxygens (including phenoxy) is 1. The van der Waals surface area contributed by atoms with Gasteiger partial charge >= 0.3 is 29.8 Å². The van der Waals surface area contributed by atoms with Crippen LogP contribution in [-0.4, -0.2) is 148 Å². The number of carbonyl (C=O) groups is 6. The van der Waals surface area contributed by atoms with Crippen LogP contribution in [-0.2, 0) is 40.1 Å². The Bertz CT molecular complexity index is 1200. The van der Waals surface area contributed by atoms with E-state index in [4.69, 9.17) is 14.9 Å². The third-order valence-corrected chi connectivity index (χ3v) is 9.02. The van der Waals surface area contributed by atoms with Crippen molar-refractivity contribution in [2.45, 2.75) is 19.6 Å². The van der Waals surface area contributed by atoms with Crippen molar-refractivity contribution in [2.24, 2.45) is 0 Å². The molecule has 0 saturated carbocycles. The van der Waals surface area contributed by atoms with Crippen molar-refractivity contribution in [2.75, 3.05) is 70.9 Å². The molecular formula is C25H33I3N4O12. The van der Waals surface area contributed by atoms with Gasteiger partial charge in [-0.05, 0) is 73.8 Å². The largest absolute Gasteiger partial charge is 0.480 e. The van der Waals surface area contributed by atoms with Gasteiger partial charge in [-0.3, -0.25) is 43.5 Å². The molecule has 0 fully saturated rings. The molecule has 44 heavy (non-hydrogen) atoms. The highest BCUT2D eigenvalue weighted by Gasteiger charge is 2.28. The molecule has 1 unspecified atom stereocenters. The second kappa shape index (κ2) is 19.6. The number of hydrogen-bond donors (Lipinski definition) is 5. The topological polar surface area (TPSA) is 226 Å². The lowest BCUT2D eigenvalue weighted by atomic mass is 10.2. The molecule has 0 radical (unpaired) electrons. The van der Waals surface area contributed by atoms with Gasteiger partial charge in [-0.1, -0.05) is 0 Å². The van der Waals surface area contributed by atoms with E-state index in [0.29, 0.717) is 5.69 Å². The number of anilines is 1. The number of hydrogen-bond acceptors (Lipinski definition) is 10. The van der Waals surface area contributed by atoms with E-state index in [1.54, 1.807) is 7.05 Å². The van der Waals surface area contributed by atoms with Gasteiger partial charge < -0.3 is 35.2 Å². The summed E-state index contributed by atoms with van der Waals surface area (Å²) in [5, 5.41) is 46.7. The van der Waals surface area contributed by atoms with Crippen LogP contribution in [0.5, 0.6) is 0 Å². The lowest BCUT2D eigenvalue weighted by Crippen LogP contribution is -2.52. The zero-order valence-corrected chi connectivity index (χ0v) is 30.2. The van der Waals surface area contributed by atoms with Crippen LogP contribution in [0, 0.1) is 10.7 Å². The Morgan fingerprint density at radius 1 is 0.750 bits per heavy atom. The number of benzene rings is 1. The number of carboxylic acids is 5. The molecule has 1 rings (SSSR count). The first-order chi connectivity index (χ1) is 20.4. The van der Waals surface area contributed by atoms with Crippen LogP contribution in [0.2, 0.25) is 0 Å². The Kier molecular flexibility index (Phi) is 17.8. The van der Waals surface area contributed by atoms with E-state index < -0.39 is 68.6 Å². The molecule has 1 aromatic rings. The molecule has 5 N–H and O–H groups in total. The number of amides is 1. The molecule has 0 spiro atoms. The number of carbonyl (C=O) groups excluding carboxylic acids is 1.